The number of tetrazole rings is 1. The van der Waals surface area contributed by atoms with E-state index in [1.807, 2.05) is 72.8 Å². The number of hydrogen-bond donors (Lipinski definition) is 1. The van der Waals surface area contributed by atoms with Crippen LogP contribution in [0.15, 0.2) is 89.9 Å². The first-order chi connectivity index (χ1) is 18.6. The molecule has 1 unspecified atom stereocenters. The van der Waals surface area contributed by atoms with E-state index in [0.717, 1.165) is 36.2 Å². The number of aromatic amines is 1. The second kappa shape index (κ2) is 11.8. The number of rotatable bonds is 10. The first-order valence-corrected chi connectivity index (χ1v) is 12.9. The maximum Gasteiger partial charge on any atom is 0.261 e. The summed E-state index contributed by atoms with van der Waals surface area (Å²) in [6, 6.07) is 24.7. The van der Waals surface area contributed by atoms with Crippen molar-refractivity contribution in [2.45, 2.75) is 38.8 Å². The van der Waals surface area contributed by atoms with E-state index in [-0.39, 0.29) is 5.56 Å². The average molecular weight is 527 g/mol. The maximum absolute atomic E-state index is 13.6. The molecule has 0 aliphatic rings. The van der Waals surface area contributed by atoms with Crippen molar-refractivity contribution in [1.82, 2.24) is 30.2 Å². The lowest BCUT2D eigenvalue weighted by molar-refractivity contribution is 0.237. The van der Waals surface area contributed by atoms with Crippen LogP contribution in [-0.2, 0) is 13.0 Å². The number of H-pyrrole nitrogens is 1. The number of ether oxygens (including phenoxy) is 1. The summed E-state index contributed by atoms with van der Waals surface area (Å²) >= 11 is 6.40. The van der Waals surface area contributed by atoms with Crippen LogP contribution < -0.4 is 10.3 Å². The maximum atomic E-state index is 13.6. The normalized spacial score (nSPS) is 11.8. The molecule has 0 aliphatic heterocycles. The van der Waals surface area contributed by atoms with E-state index in [1.165, 1.54) is 0 Å². The van der Waals surface area contributed by atoms with Gasteiger partial charge in [0.15, 0.2) is 6.10 Å². The molecular weight excluding hydrogens is 500 g/mol. The summed E-state index contributed by atoms with van der Waals surface area (Å²) in [5.74, 6) is 1.85. The molecule has 0 aliphatic carbocycles. The Kier molecular flexibility index (Phi) is 7.89. The van der Waals surface area contributed by atoms with E-state index in [9.17, 15) is 4.79 Å². The molecule has 9 heteroatoms. The molecule has 5 aromatic rings. The van der Waals surface area contributed by atoms with Crippen LogP contribution in [0.4, 0.5) is 0 Å². The quantitative estimate of drug-likeness (QED) is 0.253. The smallest absolute Gasteiger partial charge is 0.261 e. The monoisotopic (exact) mass is 526 g/mol. The number of unbranched alkanes of at least 4 members (excludes halogenated alkanes) is 1. The van der Waals surface area contributed by atoms with Crippen molar-refractivity contribution in [2.24, 2.45) is 0 Å². The fourth-order valence-electron chi connectivity index (χ4n) is 4.26. The third kappa shape index (κ3) is 5.65. The Labute approximate surface area is 225 Å². The van der Waals surface area contributed by atoms with Gasteiger partial charge >= 0.3 is 0 Å². The lowest BCUT2D eigenvalue weighted by atomic mass is 10.1. The van der Waals surface area contributed by atoms with Gasteiger partial charge < -0.3 is 4.74 Å². The van der Waals surface area contributed by atoms with Gasteiger partial charge in [0.25, 0.3) is 5.56 Å². The molecule has 1 N–H and O–H groups in total. The molecule has 0 saturated heterocycles. The molecule has 2 heterocycles. The highest BCUT2D eigenvalue weighted by molar-refractivity contribution is 6.33. The predicted octanol–water partition coefficient (Wildman–Crippen LogP) is 5.64. The summed E-state index contributed by atoms with van der Waals surface area (Å²) in [4.78, 5) is 18.3. The number of nitrogens with one attached hydrogen (secondary N) is 1. The van der Waals surface area contributed by atoms with Crippen LogP contribution in [0.1, 0.15) is 48.6 Å². The van der Waals surface area contributed by atoms with Crippen molar-refractivity contribution in [2.75, 3.05) is 0 Å². The third-order valence-corrected chi connectivity index (χ3v) is 6.59. The van der Waals surface area contributed by atoms with Gasteiger partial charge in [0.1, 0.15) is 11.6 Å². The van der Waals surface area contributed by atoms with Crippen LogP contribution in [0.2, 0.25) is 5.02 Å². The molecule has 2 aromatic heterocycles. The number of benzene rings is 3. The summed E-state index contributed by atoms with van der Waals surface area (Å²) < 4.78 is 8.01. The third-order valence-electron chi connectivity index (χ3n) is 6.26. The standard InChI is InChI=1S/C29H27ClN6O2/c1-2-3-13-26-31-18-24(23-11-7-8-12-25(23)30)29(37)36(26)19-20-14-16-22(17-15-20)38-27(28-32-34-35-33-28)21-9-5-4-6-10-21/h4-12,14-18,27H,2-3,13,19H2,1H3,(H,32,33,34,35). The number of aromatic nitrogens is 6. The predicted molar refractivity (Wildman–Crippen MR) is 146 cm³/mol. The Bertz CT molecular complexity index is 1540. The molecule has 0 bridgehead atoms. The second-order valence-electron chi connectivity index (χ2n) is 8.89. The van der Waals surface area contributed by atoms with E-state index >= 15 is 0 Å². The summed E-state index contributed by atoms with van der Waals surface area (Å²) in [6.07, 6.45) is 3.81. The highest BCUT2D eigenvalue weighted by Crippen LogP contribution is 2.27. The zero-order valence-electron chi connectivity index (χ0n) is 20.9. The molecule has 5 rings (SSSR count). The van der Waals surface area contributed by atoms with Crippen molar-refractivity contribution in [3.63, 3.8) is 0 Å². The van der Waals surface area contributed by atoms with Gasteiger partial charge in [-0.3, -0.25) is 9.36 Å². The van der Waals surface area contributed by atoms with Crippen molar-refractivity contribution in [3.05, 3.63) is 123 Å². The number of aryl methyl sites for hydroxylation is 1. The zero-order valence-corrected chi connectivity index (χ0v) is 21.7. The molecular formula is C29H27ClN6O2. The summed E-state index contributed by atoms with van der Waals surface area (Å²) in [5.41, 5.74) is 2.92. The fraction of sp³-hybridized carbons (Fsp3) is 0.207. The Morgan fingerprint density at radius 3 is 2.45 bits per heavy atom. The van der Waals surface area contributed by atoms with Crippen LogP contribution in [0.25, 0.3) is 11.1 Å². The Hall–Kier alpha value is -4.30. The molecule has 1 atom stereocenters. The molecule has 8 nitrogen and oxygen atoms in total. The zero-order chi connectivity index (χ0) is 26.3. The van der Waals surface area contributed by atoms with Crippen LogP contribution in [0.3, 0.4) is 0 Å². The van der Waals surface area contributed by atoms with Crippen molar-refractivity contribution in [1.29, 1.82) is 0 Å². The van der Waals surface area contributed by atoms with Gasteiger partial charge in [-0.05, 0) is 30.2 Å². The molecule has 0 amide bonds. The minimum Gasteiger partial charge on any atom is -0.478 e. The van der Waals surface area contributed by atoms with Gasteiger partial charge in [0.05, 0.1) is 12.1 Å². The first-order valence-electron chi connectivity index (χ1n) is 12.5. The van der Waals surface area contributed by atoms with Gasteiger partial charge in [-0.2, -0.15) is 5.21 Å². The van der Waals surface area contributed by atoms with E-state index in [1.54, 1.807) is 16.8 Å². The van der Waals surface area contributed by atoms with Crippen LogP contribution in [0.5, 0.6) is 5.75 Å². The van der Waals surface area contributed by atoms with Crippen LogP contribution in [0, 0.1) is 0 Å². The van der Waals surface area contributed by atoms with Gasteiger partial charge in [-0.1, -0.05) is 90.8 Å². The summed E-state index contributed by atoms with van der Waals surface area (Å²) in [7, 11) is 0. The minimum absolute atomic E-state index is 0.110. The molecule has 192 valence electrons. The number of hydrogen-bond acceptors (Lipinski definition) is 6. The summed E-state index contributed by atoms with van der Waals surface area (Å²) in [5, 5.41) is 14.9. The van der Waals surface area contributed by atoms with Gasteiger partial charge in [0, 0.05) is 28.8 Å². The first kappa shape index (κ1) is 25.4. The lowest BCUT2D eigenvalue weighted by Crippen LogP contribution is -2.27. The molecule has 0 fully saturated rings. The van der Waals surface area contributed by atoms with Crippen molar-refractivity contribution < 1.29 is 4.74 Å². The molecule has 0 saturated carbocycles. The second-order valence-corrected chi connectivity index (χ2v) is 9.29. The highest BCUT2D eigenvalue weighted by atomic mass is 35.5. The van der Waals surface area contributed by atoms with Crippen molar-refractivity contribution in [3.8, 4) is 16.9 Å². The highest BCUT2D eigenvalue weighted by Gasteiger charge is 2.21. The Morgan fingerprint density at radius 1 is 0.974 bits per heavy atom. The number of halogens is 1. The number of nitrogens with zero attached hydrogens (tertiary/aromatic N) is 5. The van der Waals surface area contributed by atoms with Crippen molar-refractivity contribution >= 4 is 11.6 Å². The van der Waals surface area contributed by atoms with E-state index < -0.39 is 6.10 Å². The average Bonchev–Trinajstić information content (AvgIpc) is 3.49. The molecule has 38 heavy (non-hydrogen) atoms. The lowest BCUT2D eigenvalue weighted by Gasteiger charge is -2.17. The minimum atomic E-state index is -0.513. The largest absolute Gasteiger partial charge is 0.478 e. The van der Waals surface area contributed by atoms with Gasteiger partial charge in [0.2, 0.25) is 5.82 Å². The van der Waals surface area contributed by atoms with E-state index in [0.29, 0.717) is 34.3 Å². The SMILES string of the molecule is CCCCc1ncc(-c2ccccc2Cl)c(=O)n1Cc1ccc(OC(c2ccccc2)c2nn[nH]n2)cc1. The Morgan fingerprint density at radius 2 is 1.74 bits per heavy atom. The van der Waals surface area contributed by atoms with E-state index in [2.05, 4.69) is 32.5 Å². The van der Waals surface area contributed by atoms with E-state index in [4.69, 9.17) is 16.3 Å². The molecule has 0 radical (unpaired) electrons. The fourth-order valence-corrected chi connectivity index (χ4v) is 4.50. The topological polar surface area (TPSA) is 98.6 Å². The molecule has 0 spiro atoms. The summed E-state index contributed by atoms with van der Waals surface area (Å²) in [6.45, 7) is 2.51. The van der Waals surface area contributed by atoms with Gasteiger partial charge in [-0.25, -0.2) is 4.98 Å². The Balaban J connectivity index is 1.43. The van der Waals surface area contributed by atoms with Crippen LogP contribution >= 0.6 is 11.6 Å². The van der Waals surface area contributed by atoms with Gasteiger partial charge in [-0.15, -0.1) is 10.2 Å². The van der Waals surface area contributed by atoms with Crippen LogP contribution in [-0.4, -0.2) is 30.2 Å². The molecule has 3 aromatic carbocycles.